The second-order valence-electron chi connectivity index (χ2n) is 4.08. The highest BCUT2D eigenvalue weighted by Gasteiger charge is 2.27. The summed E-state index contributed by atoms with van der Waals surface area (Å²) in [6, 6.07) is 6.64. The van der Waals surface area contributed by atoms with E-state index in [1.165, 1.54) is 6.07 Å². The van der Waals surface area contributed by atoms with Crippen LogP contribution in [-0.2, 0) is 0 Å². The third-order valence-corrected chi connectivity index (χ3v) is 2.84. The van der Waals surface area contributed by atoms with Crippen LogP contribution in [0.4, 0.5) is 4.39 Å². The molecule has 0 amide bonds. The van der Waals surface area contributed by atoms with Gasteiger partial charge in [-0.25, -0.2) is 14.4 Å². The van der Waals surface area contributed by atoms with Gasteiger partial charge in [-0.05, 0) is 48.6 Å². The fraction of sp³-hybridized carbons (Fsp3) is 0.231. The second-order valence-corrected chi connectivity index (χ2v) is 4.08. The van der Waals surface area contributed by atoms with E-state index in [0.717, 1.165) is 24.0 Å². The molecule has 1 fully saturated rings. The summed E-state index contributed by atoms with van der Waals surface area (Å²) in [6.45, 7) is 0. The minimum Gasteiger partial charge on any atom is -0.237 e. The Morgan fingerprint density at radius 2 is 1.88 bits per heavy atom. The molecule has 1 aliphatic carbocycles. The van der Waals surface area contributed by atoms with E-state index in [1.54, 1.807) is 30.6 Å². The molecule has 0 atom stereocenters. The number of halogens is 1. The molecule has 0 unspecified atom stereocenters. The van der Waals surface area contributed by atoms with E-state index in [4.69, 9.17) is 0 Å². The van der Waals surface area contributed by atoms with Gasteiger partial charge < -0.3 is 0 Å². The van der Waals surface area contributed by atoms with Gasteiger partial charge in [0.15, 0.2) is 5.82 Å². The Kier molecular flexibility index (Phi) is 2.17. The molecule has 1 aromatic heterocycles. The zero-order chi connectivity index (χ0) is 11.0. The topological polar surface area (TPSA) is 25.8 Å². The van der Waals surface area contributed by atoms with E-state index >= 15 is 0 Å². The molecule has 80 valence electrons. The Labute approximate surface area is 93.2 Å². The summed E-state index contributed by atoms with van der Waals surface area (Å²) in [5.74, 6) is 1.00. The predicted molar refractivity (Wildman–Crippen MR) is 59.4 cm³/mol. The normalized spacial score (nSPS) is 15.1. The number of nitrogens with zero attached hydrogens (tertiary/aromatic N) is 2. The summed E-state index contributed by atoms with van der Waals surface area (Å²) in [5.41, 5.74) is 2.01. The van der Waals surface area contributed by atoms with Gasteiger partial charge in [-0.3, -0.25) is 0 Å². The van der Waals surface area contributed by atoms with Crippen LogP contribution in [0.5, 0.6) is 0 Å². The molecule has 2 aromatic rings. The van der Waals surface area contributed by atoms with Crippen molar-refractivity contribution in [2.24, 2.45) is 0 Å². The van der Waals surface area contributed by atoms with Gasteiger partial charge >= 0.3 is 0 Å². The number of benzene rings is 1. The van der Waals surface area contributed by atoms with Gasteiger partial charge in [0.25, 0.3) is 0 Å². The van der Waals surface area contributed by atoms with E-state index < -0.39 is 0 Å². The Morgan fingerprint density at radius 3 is 2.56 bits per heavy atom. The molecule has 2 nitrogen and oxygen atoms in total. The van der Waals surface area contributed by atoms with E-state index in [-0.39, 0.29) is 5.82 Å². The Bertz CT molecular complexity index is 507. The maximum Gasteiger partial charge on any atom is 0.159 e. The lowest BCUT2D eigenvalue weighted by Crippen LogP contribution is -1.93. The van der Waals surface area contributed by atoms with Crippen molar-refractivity contribution in [2.45, 2.75) is 18.8 Å². The lowest BCUT2D eigenvalue weighted by atomic mass is 10.0. The molecule has 0 saturated heterocycles. The van der Waals surface area contributed by atoms with Gasteiger partial charge in [0.05, 0.1) is 0 Å². The van der Waals surface area contributed by atoms with Crippen LogP contribution in [0.25, 0.3) is 11.4 Å². The smallest absolute Gasteiger partial charge is 0.159 e. The van der Waals surface area contributed by atoms with E-state index in [0.29, 0.717) is 11.7 Å². The molecule has 0 aliphatic heterocycles. The van der Waals surface area contributed by atoms with E-state index in [1.807, 2.05) is 0 Å². The molecule has 0 N–H and O–H groups in total. The summed E-state index contributed by atoms with van der Waals surface area (Å²) < 4.78 is 13.2. The van der Waals surface area contributed by atoms with Gasteiger partial charge in [0, 0.05) is 18.0 Å². The number of rotatable bonds is 2. The van der Waals surface area contributed by atoms with Crippen molar-refractivity contribution >= 4 is 0 Å². The first-order chi connectivity index (χ1) is 7.84. The van der Waals surface area contributed by atoms with Crippen LogP contribution in [0.2, 0.25) is 0 Å². The Balaban J connectivity index is 2.13. The van der Waals surface area contributed by atoms with Crippen LogP contribution in [0.3, 0.4) is 0 Å². The molecule has 3 heteroatoms. The summed E-state index contributed by atoms with van der Waals surface area (Å²) in [4.78, 5) is 8.43. The predicted octanol–water partition coefficient (Wildman–Crippen LogP) is 3.16. The molecule has 1 saturated carbocycles. The summed E-state index contributed by atoms with van der Waals surface area (Å²) in [7, 11) is 0. The lowest BCUT2D eigenvalue weighted by Gasteiger charge is -2.06. The average molecular weight is 214 g/mol. The summed E-state index contributed by atoms with van der Waals surface area (Å²) in [5, 5.41) is 0. The average Bonchev–Trinajstić information content (AvgIpc) is 3.14. The number of aromatic nitrogens is 2. The van der Waals surface area contributed by atoms with Gasteiger partial charge in [0.2, 0.25) is 0 Å². The first-order valence-corrected chi connectivity index (χ1v) is 5.41. The first-order valence-electron chi connectivity index (χ1n) is 5.41. The van der Waals surface area contributed by atoms with Crippen molar-refractivity contribution in [3.05, 3.63) is 48.0 Å². The molecule has 0 bridgehead atoms. The van der Waals surface area contributed by atoms with Crippen LogP contribution < -0.4 is 0 Å². The van der Waals surface area contributed by atoms with Crippen molar-refractivity contribution in [1.82, 2.24) is 9.97 Å². The third-order valence-electron chi connectivity index (χ3n) is 2.84. The standard InChI is InChI=1S/C13H11FN2/c14-10-4-5-11(12(8-10)9-2-3-9)13-15-6-1-7-16-13/h1,4-9H,2-3H2. The van der Waals surface area contributed by atoms with Crippen molar-refractivity contribution in [2.75, 3.05) is 0 Å². The third kappa shape index (κ3) is 1.69. The van der Waals surface area contributed by atoms with Gasteiger partial charge in [0.1, 0.15) is 5.82 Å². The molecular formula is C13H11FN2. The van der Waals surface area contributed by atoms with Crippen LogP contribution in [0.1, 0.15) is 24.3 Å². The molecule has 1 heterocycles. The summed E-state index contributed by atoms with van der Waals surface area (Å²) in [6.07, 6.45) is 5.71. The second kappa shape index (κ2) is 3.67. The van der Waals surface area contributed by atoms with Crippen molar-refractivity contribution in [3.63, 3.8) is 0 Å². The highest BCUT2D eigenvalue weighted by molar-refractivity contribution is 5.61. The maximum absolute atomic E-state index is 13.2. The minimum atomic E-state index is -0.179. The van der Waals surface area contributed by atoms with Gasteiger partial charge in [-0.15, -0.1) is 0 Å². The zero-order valence-electron chi connectivity index (χ0n) is 8.73. The molecule has 0 spiro atoms. The Morgan fingerprint density at radius 1 is 1.12 bits per heavy atom. The van der Waals surface area contributed by atoms with E-state index in [9.17, 15) is 4.39 Å². The molecule has 1 aromatic carbocycles. The van der Waals surface area contributed by atoms with Crippen LogP contribution in [0, 0.1) is 5.82 Å². The van der Waals surface area contributed by atoms with Crippen molar-refractivity contribution in [3.8, 4) is 11.4 Å². The monoisotopic (exact) mass is 214 g/mol. The number of hydrogen-bond donors (Lipinski definition) is 0. The molecule has 1 aliphatic rings. The highest BCUT2D eigenvalue weighted by atomic mass is 19.1. The van der Waals surface area contributed by atoms with Crippen LogP contribution in [0.15, 0.2) is 36.7 Å². The highest BCUT2D eigenvalue weighted by Crippen LogP contribution is 2.43. The first kappa shape index (κ1) is 9.46. The fourth-order valence-corrected chi connectivity index (χ4v) is 1.91. The van der Waals surface area contributed by atoms with Gasteiger partial charge in [-0.1, -0.05) is 0 Å². The van der Waals surface area contributed by atoms with Crippen molar-refractivity contribution < 1.29 is 4.39 Å². The number of hydrogen-bond acceptors (Lipinski definition) is 2. The molecule has 3 rings (SSSR count). The molecule has 0 radical (unpaired) electrons. The van der Waals surface area contributed by atoms with Crippen LogP contribution >= 0.6 is 0 Å². The SMILES string of the molecule is Fc1ccc(-c2ncccn2)c(C2CC2)c1. The van der Waals surface area contributed by atoms with Gasteiger partial charge in [-0.2, -0.15) is 0 Å². The lowest BCUT2D eigenvalue weighted by molar-refractivity contribution is 0.625. The summed E-state index contributed by atoms with van der Waals surface area (Å²) >= 11 is 0. The largest absolute Gasteiger partial charge is 0.237 e. The van der Waals surface area contributed by atoms with E-state index in [2.05, 4.69) is 9.97 Å². The van der Waals surface area contributed by atoms with Crippen molar-refractivity contribution in [1.29, 1.82) is 0 Å². The minimum absolute atomic E-state index is 0.179. The quantitative estimate of drug-likeness (QED) is 0.767. The van der Waals surface area contributed by atoms with Crippen LogP contribution in [-0.4, -0.2) is 9.97 Å². The maximum atomic E-state index is 13.2. The molecule has 16 heavy (non-hydrogen) atoms. The Hall–Kier alpha value is -1.77. The molecular weight excluding hydrogens is 203 g/mol. The zero-order valence-corrected chi connectivity index (χ0v) is 8.73. The fourth-order valence-electron chi connectivity index (χ4n) is 1.91.